The highest BCUT2D eigenvalue weighted by Crippen LogP contribution is 2.26. The van der Waals surface area contributed by atoms with Crippen LogP contribution in [0.15, 0.2) is 53.2 Å². The third kappa shape index (κ3) is 6.60. The van der Waals surface area contributed by atoms with Gasteiger partial charge in [0.25, 0.3) is 5.91 Å². The van der Waals surface area contributed by atoms with Gasteiger partial charge in [0.15, 0.2) is 6.17 Å². The second-order valence-corrected chi connectivity index (χ2v) is 7.68. The quantitative estimate of drug-likeness (QED) is 0.281. The minimum Gasteiger partial charge on any atom is -0.357 e. The molecule has 6 N–H and O–H groups in total. The lowest BCUT2D eigenvalue weighted by atomic mass is 10.0. The van der Waals surface area contributed by atoms with Crippen LogP contribution in [0.1, 0.15) is 13.3 Å². The first-order valence-electron chi connectivity index (χ1n) is 9.34. The molecule has 8 nitrogen and oxygen atoms in total. The van der Waals surface area contributed by atoms with Gasteiger partial charge in [-0.15, -0.1) is 0 Å². The standard InChI is InChI=1S/C20H26ClN5O3S/c1-12(27)10-26(20(29)18(23)25-19(28)15(22)11-30)17-8-7-13(21)9-16(17)24-14-5-3-2-4-6-14/h2-7,9,15,17-18,24,30H,8,10-11,22-23H2,1H3,(H,25,28)/t15?,17-,18?/m1/s1. The monoisotopic (exact) mass is 451 g/mol. The molecule has 0 spiro atoms. The molecule has 10 heteroatoms. The topological polar surface area (TPSA) is 131 Å². The number of carbonyl (C=O) groups excluding carboxylic acids is 3. The van der Waals surface area contributed by atoms with Gasteiger partial charge in [0.05, 0.1) is 18.6 Å². The number of halogens is 1. The van der Waals surface area contributed by atoms with Gasteiger partial charge >= 0.3 is 0 Å². The van der Waals surface area contributed by atoms with Gasteiger partial charge in [-0.1, -0.05) is 35.9 Å². The SMILES string of the molecule is CC(=O)CN(C(=O)C(N)NC(=O)C(N)CS)[C@@H]1CC=C(Cl)C=C1Nc1ccccc1. The Balaban J connectivity index is 2.27. The van der Waals surface area contributed by atoms with Crippen LogP contribution in [-0.4, -0.2) is 53.0 Å². The maximum Gasteiger partial charge on any atom is 0.260 e. The van der Waals surface area contributed by atoms with E-state index >= 15 is 0 Å². The summed E-state index contributed by atoms with van der Waals surface area (Å²) in [6.45, 7) is 1.20. The van der Waals surface area contributed by atoms with Gasteiger partial charge < -0.3 is 27.0 Å². The van der Waals surface area contributed by atoms with Gasteiger partial charge in [0.2, 0.25) is 5.91 Å². The Hall–Kier alpha value is -2.33. The zero-order valence-electron chi connectivity index (χ0n) is 16.5. The summed E-state index contributed by atoms with van der Waals surface area (Å²) < 4.78 is 0. The van der Waals surface area contributed by atoms with Crippen molar-refractivity contribution in [1.82, 2.24) is 10.2 Å². The third-order valence-electron chi connectivity index (χ3n) is 4.40. The van der Waals surface area contributed by atoms with Crippen LogP contribution in [-0.2, 0) is 14.4 Å². The number of allylic oxidation sites excluding steroid dienone is 2. The van der Waals surface area contributed by atoms with Crippen molar-refractivity contribution in [2.24, 2.45) is 11.5 Å². The van der Waals surface area contributed by atoms with E-state index in [0.717, 1.165) is 5.69 Å². The fraction of sp³-hybridized carbons (Fsp3) is 0.350. The molecule has 162 valence electrons. The molecule has 30 heavy (non-hydrogen) atoms. The van der Waals surface area contributed by atoms with Crippen LogP contribution in [0.2, 0.25) is 0 Å². The van der Waals surface area contributed by atoms with Gasteiger partial charge in [0.1, 0.15) is 5.78 Å². The molecule has 0 fully saturated rings. The zero-order chi connectivity index (χ0) is 22.3. The average molecular weight is 452 g/mol. The first-order chi connectivity index (χ1) is 14.2. The first kappa shape index (κ1) is 23.9. The molecule has 1 aliphatic carbocycles. The minimum absolute atomic E-state index is 0.101. The lowest BCUT2D eigenvalue weighted by Crippen LogP contribution is -2.59. The molecular weight excluding hydrogens is 426 g/mol. The molecule has 1 aromatic carbocycles. The molecule has 0 radical (unpaired) electrons. The highest BCUT2D eigenvalue weighted by atomic mass is 35.5. The third-order valence-corrected chi connectivity index (χ3v) is 5.06. The fourth-order valence-electron chi connectivity index (χ4n) is 2.92. The fourth-order valence-corrected chi connectivity index (χ4v) is 3.30. The van der Waals surface area contributed by atoms with Gasteiger partial charge in [0, 0.05) is 22.2 Å². The summed E-state index contributed by atoms with van der Waals surface area (Å²) in [6, 6.07) is 7.93. The Labute approximate surface area is 186 Å². The summed E-state index contributed by atoms with van der Waals surface area (Å²) >= 11 is 10.2. The number of benzene rings is 1. The molecule has 2 rings (SSSR count). The molecule has 2 unspecified atom stereocenters. The van der Waals surface area contributed by atoms with Crippen LogP contribution >= 0.6 is 24.2 Å². The molecule has 2 amide bonds. The number of ketones is 1. The Morgan fingerprint density at radius 3 is 2.53 bits per heavy atom. The van der Waals surface area contributed by atoms with Crippen molar-refractivity contribution < 1.29 is 14.4 Å². The number of hydrogen-bond donors (Lipinski definition) is 5. The van der Waals surface area contributed by atoms with Crippen molar-refractivity contribution in [3.8, 4) is 0 Å². The van der Waals surface area contributed by atoms with Crippen molar-refractivity contribution in [2.75, 3.05) is 17.6 Å². The van der Waals surface area contributed by atoms with Crippen LogP contribution in [0.3, 0.4) is 0 Å². The van der Waals surface area contributed by atoms with Crippen LogP contribution in [0.25, 0.3) is 0 Å². The van der Waals surface area contributed by atoms with E-state index in [0.29, 0.717) is 17.2 Å². The van der Waals surface area contributed by atoms with E-state index in [1.54, 1.807) is 12.2 Å². The number of nitrogens with one attached hydrogen (secondary N) is 2. The molecule has 0 aromatic heterocycles. The van der Waals surface area contributed by atoms with E-state index < -0.39 is 30.1 Å². The molecule has 0 heterocycles. The number of anilines is 1. The lowest BCUT2D eigenvalue weighted by molar-refractivity contribution is -0.140. The number of hydrogen-bond acceptors (Lipinski definition) is 7. The van der Waals surface area contributed by atoms with E-state index in [1.807, 2.05) is 30.3 Å². The maximum atomic E-state index is 13.1. The summed E-state index contributed by atoms with van der Waals surface area (Å²) in [5.74, 6) is -1.34. The minimum atomic E-state index is -1.36. The van der Waals surface area contributed by atoms with E-state index in [4.69, 9.17) is 23.1 Å². The number of para-hydroxylation sites is 1. The van der Waals surface area contributed by atoms with Gasteiger partial charge in [-0.3, -0.25) is 14.4 Å². The molecular formula is C20H26ClN5O3S. The van der Waals surface area contributed by atoms with Crippen molar-refractivity contribution in [2.45, 2.75) is 31.6 Å². The van der Waals surface area contributed by atoms with Crippen LogP contribution in [0.5, 0.6) is 0 Å². The predicted octanol–water partition coefficient (Wildman–Crippen LogP) is 0.953. The summed E-state index contributed by atoms with van der Waals surface area (Å²) in [5, 5.41) is 6.14. The first-order valence-corrected chi connectivity index (χ1v) is 10.4. The molecule has 0 saturated carbocycles. The Kier molecular flexibility index (Phi) is 8.91. The summed E-state index contributed by atoms with van der Waals surface area (Å²) in [6.07, 6.45) is 2.47. The molecule has 1 aromatic rings. The molecule has 0 bridgehead atoms. The number of thiol groups is 1. The zero-order valence-corrected chi connectivity index (χ0v) is 18.2. The van der Waals surface area contributed by atoms with E-state index in [-0.39, 0.29) is 18.1 Å². The Morgan fingerprint density at radius 1 is 1.27 bits per heavy atom. The number of nitrogens with two attached hydrogens (primary N) is 2. The van der Waals surface area contributed by atoms with Crippen LogP contribution in [0, 0.1) is 0 Å². The number of rotatable bonds is 9. The highest BCUT2D eigenvalue weighted by Gasteiger charge is 2.33. The number of Topliss-reactive ketones (excluding diaryl/α,β-unsaturated/α-hetero) is 1. The van der Waals surface area contributed by atoms with Crippen LogP contribution < -0.4 is 22.1 Å². The van der Waals surface area contributed by atoms with Gasteiger partial charge in [-0.25, -0.2) is 0 Å². The van der Waals surface area contributed by atoms with Crippen molar-refractivity contribution in [1.29, 1.82) is 0 Å². The summed E-state index contributed by atoms with van der Waals surface area (Å²) in [4.78, 5) is 38.3. The maximum absolute atomic E-state index is 13.1. The van der Waals surface area contributed by atoms with Gasteiger partial charge in [-0.2, -0.15) is 12.6 Å². The summed E-state index contributed by atoms with van der Waals surface area (Å²) in [7, 11) is 0. The normalized spacial score (nSPS) is 17.8. The van der Waals surface area contributed by atoms with Crippen molar-refractivity contribution >= 4 is 47.5 Å². The highest BCUT2D eigenvalue weighted by molar-refractivity contribution is 7.80. The average Bonchev–Trinajstić information content (AvgIpc) is 2.71. The Bertz CT molecular complexity index is 846. The predicted molar refractivity (Wildman–Crippen MR) is 121 cm³/mol. The number of carbonyl (C=O) groups is 3. The largest absolute Gasteiger partial charge is 0.357 e. The molecule has 3 atom stereocenters. The van der Waals surface area contributed by atoms with E-state index in [9.17, 15) is 14.4 Å². The second-order valence-electron chi connectivity index (χ2n) is 6.87. The smallest absolute Gasteiger partial charge is 0.260 e. The molecule has 0 aliphatic heterocycles. The van der Waals surface area contributed by atoms with E-state index in [2.05, 4.69) is 23.3 Å². The second kappa shape index (κ2) is 11.2. The van der Waals surface area contributed by atoms with E-state index in [1.165, 1.54) is 11.8 Å². The van der Waals surface area contributed by atoms with Gasteiger partial charge in [-0.05, 0) is 31.6 Å². The van der Waals surface area contributed by atoms with Crippen LogP contribution in [0.4, 0.5) is 5.69 Å². The lowest BCUT2D eigenvalue weighted by Gasteiger charge is -2.36. The number of nitrogens with zero attached hydrogens (tertiary/aromatic N) is 1. The van der Waals surface area contributed by atoms with Crippen molar-refractivity contribution in [3.63, 3.8) is 0 Å². The molecule has 0 saturated heterocycles. The Morgan fingerprint density at radius 2 is 1.93 bits per heavy atom. The molecule has 1 aliphatic rings. The number of amides is 2. The summed E-state index contributed by atoms with van der Waals surface area (Å²) in [5.41, 5.74) is 13.0. The van der Waals surface area contributed by atoms with Crippen molar-refractivity contribution in [3.05, 3.63) is 53.2 Å².